The fraction of sp³-hybridized carbons (Fsp3) is 0.292. The molecule has 0 bridgehead atoms. The Balaban J connectivity index is 1.42. The van der Waals surface area contributed by atoms with Crippen molar-refractivity contribution in [3.63, 3.8) is 0 Å². The van der Waals surface area contributed by atoms with Crippen molar-refractivity contribution in [2.24, 2.45) is 5.92 Å². The minimum absolute atomic E-state index is 0.114. The molecule has 31 heavy (non-hydrogen) atoms. The summed E-state index contributed by atoms with van der Waals surface area (Å²) in [6, 6.07) is 14.0. The summed E-state index contributed by atoms with van der Waals surface area (Å²) in [6.07, 6.45) is 2.92. The molecule has 1 amide bonds. The number of benzene rings is 2. The summed E-state index contributed by atoms with van der Waals surface area (Å²) in [4.78, 5) is 24.9. The van der Waals surface area contributed by atoms with Crippen molar-refractivity contribution in [1.82, 2.24) is 20.3 Å². The van der Waals surface area contributed by atoms with Gasteiger partial charge in [-0.05, 0) is 30.2 Å². The molecule has 2 N–H and O–H groups in total. The molecule has 7 heteroatoms. The molecule has 0 fully saturated rings. The van der Waals surface area contributed by atoms with E-state index in [4.69, 9.17) is 4.42 Å². The van der Waals surface area contributed by atoms with Gasteiger partial charge in [0.25, 0.3) is 0 Å². The number of aromatic nitrogens is 3. The number of hydrogen-bond acceptors (Lipinski definition) is 4. The van der Waals surface area contributed by atoms with E-state index in [2.05, 4.69) is 34.1 Å². The van der Waals surface area contributed by atoms with Crippen molar-refractivity contribution in [2.75, 3.05) is 0 Å². The van der Waals surface area contributed by atoms with Crippen LogP contribution < -0.4 is 5.32 Å². The Morgan fingerprint density at radius 3 is 2.74 bits per heavy atom. The summed E-state index contributed by atoms with van der Waals surface area (Å²) in [5, 5.41) is 3.10. The fourth-order valence-corrected chi connectivity index (χ4v) is 3.51. The Hall–Kier alpha value is -3.48. The highest BCUT2D eigenvalue weighted by atomic mass is 19.1. The molecule has 2 atom stereocenters. The van der Waals surface area contributed by atoms with Gasteiger partial charge in [-0.1, -0.05) is 44.5 Å². The topological polar surface area (TPSA) is 83.8 Å². The van der Waals surface area contributed by atoms with Gasteiger partial charge in [0.1, 0.15) is 11.6 Å². The number of nitrogens with zero attached hydrogens (tertiary/aromatic N) is 2. The summed E-state index contributed by atoms with van der Waals surface area (Å²) >= 11 is 0. The van der Waals surface area contributed by atoms with Crippen molar-refractivity contribution in [3.05, 3.63) is 72.3 Å². The summed E-state index contributed by atoms with van der Waals surface area (Å²) < 4.78 is 19.6. The first-order valence-corrected chi connectivity index (χ1v) is 10.5. The third-order valence-electron chi connectivity index (χ3n) is 5.49. The van der Waals surface area contributed by atoms with Crippen LogP contribution in [0.3, 0.4) is 0 Å². The van der Waals surface area contributed by atoms with E-state index in [1.165, 1.54) is 12.3 Å². The zero-order chi connectivity index (χ0) is 21.8. The maximum absolute atomic E-state index is 13.9. The number of aromatic amines is 1. The first-order valence-electron chi connectivity index (χ1n) is 10.5. The first-order chi connectivity index (χ1) is 15.0. The molecule has 0 spiro atoms. The van der Waals surface area contributed by atoms with Gasteiger partial charge in [-0.25, -0.2) is 14.4 Å². The number of aryl methyl sites for hydroxylation is 1. The second kappa shape index (κ2) is 9.12. The molecule has 0 saturated heterocycles. The number of halogens is 1. The SMILES string of the molecule is CCC(C)C(NC(=O)CCc1ncc(-c2ccccc2F)o1)c1nc2ccccc2[nH]1. The lowest BCUT2D eigenvalue weighted by molar-refractivity contribution is -0.122. The molecule has 0 aliphatic carbocycles. The van der Waals surface area contributed by atoms with Gasteiger partial charge in [0.05, 0.1) is 28.8 Å². The zero-order valence-corrected chi connectivity index (χ0v) is 17.6. The number of rotatable bonds is 8. The number of imidazole rings is 1. The van der Waals surface area contributed by atoms with Crippen molar-refractivity contribution < 1.29 is 13.6 Å². The summed E-state index contributed by atoms with van der Waals surface area (Å²) in [5.74, 6) is 1.23. The molecule has 0 saturated carbocycles. The molecule has 2 aromatic heterocycles. The van der Waals surface area contributed by atoms with Crippen molar-refractivity contribution in [1.29, 1.82) is 0 Å². The molecule has 2 unspecified atom stereocenters. The lowest BCUT2D eigenvalue weighted by Gasteiger charge is -2.22. The van der Waals surface area contributed by atoms with Crippen LogP contribution in [0.15, 0.2) is 59.1 Å². The van der Waals surface area contributed by atoms with Crippen LogP contribution in [0.4, 0.5) is 4.39 Å². The average molecular weight is 420 g/mol. The van der Waals surface area contributed by atoms with Gasteiger partial charge >= 0.3 is 0 Å². The van der Waals surface area contributed by atoms with Gasteiger partial charge in [-0.3, -0.25) is 4.79 Å². The van der Waals surface area contributed by atoms with Crippen LogP contribution in [0, 0.1) is 11.7 Å². The highest BCUT2D eigenvalue weighted by molar-refractivity contribution is 5.77. The second-order valence-corrected chi connectivity index (χ2v) is 7.67. The van der Waals surface area contributed by atoms with E-state index in [1.54, 1.807) is 18.2 Å². The highest BCUT2D eigenvalue weighted by Gasteiger charge is 2.23. The zero-order valence-electron chi connectivity index (χ0n) is 17.6. The van der Waals surface area contributed by atoms with Gasteiger partial charge in [0, 0.05) is 12.8 Å². The normalized spacial score (nSPS) is 13.3. The quantitative estimate of drug-likeness (QED) is 0.411. The summed E-state index contributed by atoms with van der Waals surface area (Å²) in [5.41, 5.74) is 2.17. The van der Waals surface area contributed by atoms with Crippen LogP contribution in [-0.4, -0.2) is 20.9 Å². The molecular weight excluding hydrogens is 395 g/mol. The molecule has 0 aliphatic heterocycles. The number of amides is 1. The second-order valence-electron chi connectivity index (χ2n) is 7.67. The third kappa shape index (κ3) is 4.66. The highest BCUT2D eigenvalue weighted by Crippen LogP contribution is 2.26. The first kappa shape index (κ1) is 20.8. The van der Waals surface area contributed by atoms with Gasteiger partial charge < -0.3 is 14.7 Å². The van der Waals surface area contributed by atoms with E-state index in [-0.39, 0.29) is 30.1 Å². The Labute approximate surface area is 179 Å². The lowest BCUT2D eigenvalue weighted by atomic mass is 9.98. The number of carbonyl (C=O) groups excluding carboxylic acids is 1. The Bertz CT molecular complexity index is 1150. The molecule has 2 heterocycles. The number of oxazole rings is 1. The predicted octanol–water partition coefficient (Wildman–Crippen LogP) is 5.19. The molecule has 6 nitrogen and oxygen atoms in total. The molecule has 4 rings (SSSR count). The molecule has 4 aromatic rings. The van der Waals surface area contributed by atoms with Crippen LogP contribution >= 0.6 is 0 Å². The Morgan fingerprint density at radius 2 is 1.97 bits per heavy atom. The Morgan fingerprint density at radius 1 is 1.19 bits per heavy atom. The number of hydrogen-bond donors (Lipinski definition) is 2. The number of para-hydroxylation sites is 2. The van der Waals surface area contributed by atoms with E-state index in [9.17, 15) is 9.18 Å². The van der Waals surface area contributed by atoms with Crippen LogP contribution in [0.1, 0.15) is 44.4 Å². The van der Waals surface area contributed by atoms with E-state index in [1.807, 2.05) is 24.3 Å². The smallest absolute Gasteiger partial charge is 0.221 e. The fourth-order valence-electron chi connectivity index (χ4n) is 3.51. The minimum Gasteiger partial charge on any atom is -0.441 e. The number of fused-ring (bicyclic) bond motifs is 1. The average Bonchev–Trinajstić information content (AvgIpc) is 3.42. The van der Waals surface area contributed by atoms with E-state index in [0.29, 0.717) is 23.6 Å². The maximum Gasteiger partial charge on any atom is 0.221 e. The number of carbonyl (C=O) groups is 1. The molecule has 2 aromatic carbocycles. The standard InChI is InChI=1S/C24H25FN4O2/c1-3-15(2)23(24-27-18-10-6-7-11-19(18)28-24)29-21(30)12-13-22-26-14-20(31-22)16-8-4-5-9-17(16)25/h4-11,14-15,23H,3,12-13H2,1-2H3,(H,27,28)(H,29,30). The number of H-pyrrole nitrogens is 1. The lowest BCUT2D eigenvalue weighted by Crippen LogP contribution is -2.33. The molecular formula is C24H25FN4O2. The van der Waals surface area contributed by atoms with Crippen LogP contribution in [-0.2, 0) is 11.2 Å². The van der Waals surface area contributed by atoms with Crippen molar-refractivity contribution in [3.8, 4) is 11.3 Å². The van der Waals surface area contributed by atoms with Gasteiger partial charge in [-0.15, -0.1) is 0 Å². The van der Waals surface area contributed by atoms with Crippen LogP contribution in [0.2, 0.25) is 0 Å². The number of nitrogens with one attached hydrogen (secondary N) is 2. The van der Waals surface area contributed by atoms with Crippen LogP contribution in [0.25, 0.3) is 22.4 Å². The van der Waals surface area contributed by atoms with E-state index < -0.39 is 0 Å². The van der Waals surface area contributed by atoms with Crippen molar-refractivity contribution in [2.45, 2.75) is 39.2 Å². The predicted molar refractivity (Wildman–Crippen MR) is 117 cm³/mol. The monoisotopic (exact) mass is 420 g/mol. The van der Waals surface area contributed by atoms with E-state index >= 15 is 0 Å². The van der Waals surface area contributed by atoms with Gasteiger partial charge in [0.2, 0.25) is 5.91 Å². The summed E-state index contributed by atoms with van der Waals surface area (Å²) in [7, 11) is 0. The molecule has 160 valence electrons. The molecule has 0 aliphatic rings. The third-order valence-corrected chi connectivity index (χ3v) is 5.49. The van der Waals surface area contributed by atoms with E-state index in [0.717, 1.165) is 23.3 Å². The van der Waals surface area contributed by atoms with Gasteiger partial charge in [0.15, 0.2) is 11.7 Å². The molecule has 0 radical (unpaired) electrons. The minimum atomic E-state index is -0.370. The summed E-state index contributed by atoms with van der Waals surface area (Å²) in [6.45, 7) is 4.18. The van der Waals surface area contributed by atoms with Gasteiger partial charge in [-0.2, -0.15) is 0 Å². The maximum atomic E-state index is 13.9. The largest absolute Gasteiger partial charge is 0.441 e. The Kier molecular flexibility index (Phi) is 6.11. The van der Waals surface area contributed by atoms with Crippen molar-refractivity contribution >= 4 is 16.9 Å². The van der Waals surface area contributed by atoms with Crippen LogP contribution in [0.5, 0.6) is 0 Å².